The van der Waals surface area contributed by atoms with Crippen LogP contribution in [0.25, 0.3) is 0 Å². The lowest BCUT2D eigenvalue weighted by Crippen LogP contribution is -1.98. The van der Waals surface area contributed by atoms with E-state index in [1.54, 1.807) is 0 Å². The van der Waals surface area contributed by atoms with Crippen LogP contribution in [0.1, 0.15) is 0 Å². The summed E-state index contributed by atoms with van der Waals surface area (Å²) < 4.78 is 25.9. The third-order valence-electron chi connectivity index (χ3n) is 1.21. The number of benzene rings is 1. The summed E-state index contributed by atoms with van der Waals surface area (Å²) in [4.78, 5) is 13.2. The van der Waals surface area contributed by atoms with Crippen LogP contribution in [0.5, 0.6) is 5.75 Å². The number of rotatable bonds is 3. The highest BCUT2D eigenvalue weighted by Crippen LogP contribution is 2.20. The summed E-state index contributed by atoms with van der Waals surface area (Å²) in [5.74, 6) is 0.171. The van der Waals surface area contributed by atoms with Crippen molar-refractivity contribution in [1.29, 1.82) is 0 Å². The summed E-state index contributed by atoms with van der Waals surface area (Å²) in [6.45, 7) is 0. The van der Waals surface area contributed by atoms with Gasteiger partial charge in [0.15, 0.2) is 0 Å². The number of halogens is 1. The predicted octanol–water partition coefficient (Wildman–Crippen LogP) is 1.71. The molecule has 1 aromatic rings. The lowest BCUT2D eigenvalue weighted by Gasteiger charge is -2.00. The molecule has 5 nitrogen and oxygen atoms in total. The molecule has 0 atom stereocenters. The SMILES string of the molecule is O=C=Nc1ccc(OS(=O)(=O)I)cc1. The topological polar surface area (TPSA) is 72.8 Å². The van der Waals surface area contributed by atoms with Crippen LogP contribution >= 0.6 is 21.2 Å². The van der Waals surface area contributed by atoms with Crippen molar-refractivity contribution in [2.24, 2.45) is 4.99 Å². The summed E-state index contributed by atoms with van der Waals surface area (Å²) in [5, 5.41) is 0. The minimum absolute atomic E-state index is 0.171. The van der Waals surface area contributed by atoms with Gasteiger partial charge in [0.05, 0.1) is 5.69 Å². The van der Waals surface area contributed by atoms with Crippen molar-refractivity contribution >= 4 is 40.3 Å². The van der Waals surface area contributed by atoms with Gasteiger partial charge in [-0.15, -0.1) is 0 Å². The summed E-state index contributed by atoms with van der Waals surface area (Å²) in [6.07, 6.45) is 1.37. The second-order valence-corrected chi connectivity index (χ2v) is 6.36. The van der Waals surface area contributed by atoms with Crippen molar-refractivity contribution in [1.82, 2.24) is 0 Å². The van der Waals surface area contributed by atoms with Crippen LogP contribution in [0, 0.1) is 0 Å². The molecule has 7 heteroatoms. The number of hydrogen-bond donors (Lipinski definition) is 0. The Kier molecular flexibility index (Phi) is 3.62. The van der Waals surface area contributed by atoms with Crippen LogP contribution in [0.4, 0.5) is 5.69 Å². The minimum atomic E-state index is -3.54. The third kappa shape index (κ3) is 3.86. The molecule has 14 heavy (non-hydrogen) atoms. The molecule has 0 aliphatic heterocycles. The van der Waals surface area contributed by atoms with Crippen LogP contribution < -0.4 is 4.18 Å². The minimum Gasteiger partial charge on any atom is -0.375 e. The van der Waals surface area contributed by atoms with E-state index in [1.165, 1.54) is 51.6 Å². The molecule has 0 amide bonds. The maximum Gasteiger partial charge on any atom is 0.364 e. The molecule has 0 bridgehead atoms. The van der Waals surface area contributed by atoms with E-state index >= 15 is 0 Å². The van der Waals surface area contributed by atoms with Gasteiger partial charge in [0.25, 0.3) is 0 Å². The molecule has 0 radical (unpaired) electrons. The molecule has 0 saturated heterocycles. The Labute approximate surface area is 92.5 Å². The molecule has 0 aliphatic carbocycles. The number of hydrogen-bond acceptors (Lipinski definition) is 5. The highest BCUT2D eigenvalue weighted by atomic mass is 127. The molecule has 1 aromatic carbocycles. The fourth-order valence-electron chi connectivity index (χ4n) is 0.744. The van der Waals surface area contributed by atoms with Gasteiger partial charge in [-0.3, -0.25) is 0 Å². The number of nitrogens with zero attached hydrogens (tertiary/aromatic N) is 1. The van der Waals surface area contributed by atoms with Crippen LogP contribution in [0.3, 0.4) is 0 Å². The van der Waals surface area contributed by atoms with E-state index in [1.807, 2.05) is 0 Å². The van der Waals surface area contributed by atoms with E-state index in [0.29, 0.717) is 5.69 Å². The molecule has 0 aliphatic rings. The van der Waals surface area contributed by atoms with Crippen molar-refractivity contribution in [3.8, 4) is 5.75 Å². The zero-order valence-electron chi connectivity index (χ0n) is 6.68. The van der Waals surface area contributed by atoms with Crippen molar-refractivity contribution in [2.75, 3.05) is 0 Å². The van der Waals surface area contributed by atoms with Crippen molar-refractivity contribution in [2.45, 2.75) is 0 Å². The fourth-order valence-corrected chi connectivity index (χ4v) is 1.71. The van der Waals surface area contributed by atoms with Gasteiger partial charge >= 0.3 is 7.29 Å². The summed E-state index contributed by atoms with van der Waals surface area (Å²) >= 11 is 1.17. The summed E-state index contributed by atoms with van der Waals surface area (Å²) in [5.41, 5.74) is 0.387. The van der Waals surface area contributed by atoms with Gasteiger partial charge in [0.1, 0.15) is 27.0 Å². The van der Waals surface area contributed by atoms with Gasteiger partial charge in [-0.25, -0.2) is 4.79 Å². The van der Waals surface area contributed by atoms with Crippen molar-refractivity contribution in [3.63, 3.8) is 0 Å². The van der Waals surface area contributed by atoms with E-state index in [-0.39, 0.29) is 5.75 Å². The van der Waals surface area contributed by atoms with Gasteiger partial charge in [-0.05, 0) is 24.3 Å². The van der Waals surface area contributed by atoms with Gasteiger partial charge < -0.3 is 4.18 Å². The number of carbonyl (C=O) groups excluding carboxylic acids is 1. The number of aliphatic imine (C=N–C) groups is 1. The Morgan fingerprint density at radius 3 is 2.29 bits per heavy atom. The molecule has 74 valence electrons. The lowest BCUT2D eigenvalue weighted by molar-refractivity contribution is 0.508. The second kappa shape index (κ2) is 4.54. The third-order valence-corrected chi connectivity index (χ3v) is 2.14. The highest BCUT2D eigenvalue weighted by molar-refractivity contribution is 14.2. The number of isocyanates is 1. The quantitative estimate of drug-likeness (QED) is 0.367. The monoisotopic (exact) mass is 325 g/mol. The first-order valence-electron chi connectivity index (χ1n) is 3.33. The Morgan fingerprint density at radius 2 is 1.86 bits per heavy atom. The second-order valence-electron chi connectivity index (χ2n) is 2.17. The zero-order chi connectivity index (χ0) is 10.6. The molecule has 0 saturated carbocycles. The van der Waals surface area contributed by atoms with E-state index in [4.69, 9.17) is 0 Å². The molecule has 1 rings (SSSR count). The van der Waals surface area contributed by atoms with Crippen molar-refractivity contribution in [3.05, 3.63) is 24.3 Å². The average Bonchev–Trinajstić information content (AvgIpc) is 2.06. The normalized spacial score (nSPS) is 10.4. The lowest BCUT2D eigenvalue weighted by atomic mass is 10.3. The smallest absolute Gasteiger partial charge is 0.364 e. The first-order chi connectivity index (χ1) is 6.51. The Hall–Kier alpha value is -0.920. The van der Waals surface area contributed by atoms with Crippen LogP contribution in [0.2, 0.25) is 0 Å². The first kappa shape index (κ1) is 11.2. The molecule has 0 spiro atoms. The molecule has 0 heterocycles. The predicted molar refractivity (Wildman–Crippen MR) is 57.8 cm³/mol. The average molecular weight is 325 g/mol. The van der Waals surface area contributed by atoms with Crippen LogP contribution in [-0.4, -0.2) is 14.5 Å². The highest BCUT2D eigenvalue weighted by Gasteiger charge is 2.05. The fraction of sp³-hybridized carbons (Fsp3) is 0. The van der Waals surface area contributed by atoms with Gasteiger partial charge in [-0.2, -0.15) is 13.4 Å². The molecule has 0 fully saturated rings. The Balaban J connectivity index is 2.89. The van der Waals surface area contributed by atoms with E-state index in [2.05, 4.69) is 9.18 Å². The molecular weight excluding hydrogens is 321 g/mol. The van der Waals surface area contributed by atoms with E-state index < -0.39 is 7.29 Å². The Bertz CT molecular complexity index is 461. The molecule has 0 aromatic heterocycles. The maximum atomic E-state index is 10.7. The van der Waals surface area contributed by atoms with E-state index in [0.717, 1.165) is 0 Å². The standard InChI is InChI=1S/C7H4INO4S/c8-14(11,12)13-7-3-1-6(2-4-7)9-5-10/h1-4H. The van der Waals surface area contributed by atoms with Crippen LogP contribution in [-0.2, 0) is 12.1 Å². The van der Waals surface area contributed by atoms with E-state index in [9.17, 15) is 13.2 Å². The first-order valence-corrected chi connectivity index (χ1v) is 7.28. The summed E-state index contributed by atoms with van der Waals surface area (Å²) in [6, 6.07) is 5.68. The summed E-state index contributed by atoms with van der Waals surface area (Å²) in [7, 11) is -3.54. The van der Waals surface area contributed by atoms with Gasteiger partial charge in [0.2, 0.25) is 6.08 Å². The van der Waals surface area contributed by atoms with Crippen molar-refractivity contribution < 1.29 is 17.4 Å². The Morgan fingerprint density at radius 1 is 1.29 bits per heavy atom. The molecule has 0 N–H and O–H groups in total. The largest absolute Gasteiger partial charge is 0.375 e. The molecular formula is C7H4INO4S. The van der Waals surface area contributed by atoms with Gasteiger partial charge in [0, 0.05) is 0 Å². The van der Waals surface area contributed by atoms with Gasteiger partial charge in [-0.1, -0.05) is 0 Å². The van der Waals surface area contributed by atoms with Crippen LogP contribution in [0.15, 0.2) is 29.3 Å². The maximum absolute atomic E-state index is 10.7. The molecule has 0 unspecified atom stereocenters. The zero-order valence-corrected chi connectivity index (χ0v) is 9.65.